The zero-order valence-electron chi connectivity index (χ0n) is 18.7. The van der Waals surface area contributed by atoms with Gasteiger partial charge in [0.2, 0.25) is 5.91 Å². The number of aryl methyl sites for hydroxylation is 2. The molecule has 0 aliphatic rings. The first-order valence-corrected chi connectivity index (χ1v) is 10.6. The van der Waals surface area contributed by atoms with E-state index in [1.807, 2.05) is 30.3 Å². The van der Waals surface area contributed by atoms with Crippen LogP contribution in [-0.4, -0.2) is 44.7 Å². The highest BCUT2D eigenvalue weighted by molar-refractivity contribution is 5.85. The van der Waals surface area contributed by atoms with Crippen LogP contribution in [0.15, 0.2) is 42.7 Å². The molecule has 2 N–H and O–H groups in total. The summed E-state index contributed by atoms with van der Waals surface area (Å²) in [5.41, 5.74) is 0.491. The number of ether oxygens (including phenoxy) is 1. The lowest BCUT2D eigenvalue weighted by Gasteiger charge is -2.23. The highest BCUT2D eigenvalue weighted by Gasteiger charge is 2.24. The predicted molar refractivity (Wildman–Crippen MR) is 119 cm³/mol. The zero-order valence-corrected chi connectivity index (χ0v) is 18.7. The first kappa shape index (κ1) is 24.8. The van der Waals surface area contributed by atoms with Gasteiger partial charge in [0.25, 0.3) is 0 Å². The Morgan fingerprint density at radius 3 is 2.59 bits per heavy atom. The van der Waals surface area contributed by atoms with Gasteiger partial charge in [0.1, 0.15) is 24.0 Å². The second-order valence-corrected chi connectivity index (χ2v) is 8.40. The van der Waals surface area contributed by atoms with Crippen LogP contribution in [0.3, 0.4) is 0 Å². The van der Waals surface area contributed by atoms with Gasteiger partial charge in [-0.1, -0.05) is 35.3 Å². The van der Waals surface area contributed by atoms with Crippen LogP contribution in [0.4, 0.5) is 10.7 Å². The second kappa shape index (κ2) is 11.8. The summed E-state index contributed by atoms with van der Waals surface area (Å²) in [6, 6.07) is 9.15. The maximum atomic E-state index is 12.7. The van der Waals surface area contributed by atoms with E-state index in [9.17, 15) is 19.7 Å². The van der Waals surface area contributed by atoms with Crippen molar-refractivity contribution in [1.82, 2.24) is 20.2 Å². The van der Waals surface area contributed by atoms with E-state index in [4.69, 9.17) is 4.74 Å². The monoisotopic (exact) mass is 445 g/mol. The van der Waals surface area contributed by atoms with Crippen LogP contribution in [0, 0.1) is 10.1 Å². The lowest BCUT2D eigenvalue weighted by molar-refractivity contribution is -0.396. The van der Waals surface area contributed by atoms with E-state index in [0.29, 0.717) is 25.9 Å². The van der Waals surface area contributed by atoms with E-state index >= 15 is 0 Å². The van der Waals surface area contributed by atoms with Crippen LogP contribution in [-0.2, 0) is 22.5 Å². The lowest BCUT2D eigenvalue weighted by atomic mass is 10.1. The summed E-state index contributed by atoms with van der Waals surface area (Å²) in [5, 5.41) is 16.5. The molecule has 2 amide bonds. The van der Waals surface area contributed by atoms with Gasteiger partial charge in [-0.05, 0) is 56.9 Å². The highest BCUT2D eigenvalue weighted by Crippen LogP contribution is 2.11. The van der Waals surface area contributed by atoms with Crippen LogP contribution in [0.2, 0.25) is 0 Å². The number of alkyl carbamates (subject to hydrolysis) is 1. The molecule has 0 radical (unpaired) electrons. The van der Waals surface area contributed by atoms with Crippen LogP contribution >= 0.6 is 0 Å². The summed E-state index contributed by atoms with van der Waals surface area (Å²) < 4.78 is 6.68. The minimum atomic E-state index is -0.816. The van der Waals surface area contributed by atoms with E-state index in [1.165, 1.54) is 22.5 Å². The van der Waals surface area contributed by atoms with E-state index < -0.39 is 22.7 Å². The molecule has 1 unspecified atom stereocenters. The third kappa shape index (κ3) is 8.75. The summed E-state index contributed by atoms with van der Waals surface area (Å²) in [7, 11) is 0. The van der Waals surface area contributed by atoms with Gasteiger partial charge in [0.05, 0.1) is 6.54 Å². The van der Waals surface area contributed by atoms with Gasteiger partial charge in [-0.15, -0.1) is 0 Å². The quantitative estimate of drug-likeness (QED) is 0.310. The van der Waals surface area contributed by atoms with Gasteiger partial charge < -0.3 is 25.5 Å². The fourth-order valence-electron chi connectivity index (χ4n) is 3.10. The summed E-state index contributed by atoms with van der Waals surface area (Å²) >= 11 is 0. The maximum Gasteiger partial charge on any atom is 0.434 e. The molecule has 0 bridgehead atoms. The molecule has 1 aromatic heterocycles. The number of hydrogen-bond acceptors (Lipinski definition) is 6. The van der Waals surface area contributed by atoms with Gasteiger partial charge in [0.15, 0.2) is 0 Å². The Balaban J connectivity index is 1.89. The first-order chi connectivity index (χ1) is 15.2. The molecular weight excluding hydrogens is 414 g/mol. The molecule has 1 heterocycles. The van der Waals surface area contributed by atoms with Gasteiger partial charge in [-0.25, -0.2) is 9.36 Å². The molecule has 0 saturated carbocycles. The predicted octanol–water partition coefficient (Wildman–Crippen LogP) is 3.21. The fourth-order valence-corrected chi connectivity index (χ4v) is 3.10. The van der Waals surface area contributed by atoms with Gasteiger partial charge in [-0.3, -0.25) is 4.79 Å². The van der Waals surface area contributed by atoms with E-state index in [2.05, 4.69) is 15.6 Å². The Bertz CT molecular complexity index is 892. The number of carbonyl (C=O) groups is 2. The van der Waals surface area contributed by atoms with Crippen molar-refractivity contribution in [2.75, 3.05) is 6.54 Å². The Morgan fingerprint density at radius 2 is 1.94 bits per heavy atom. The molecule has 0 saturated heterocycles. The highest BCUT2D eigenvalue weighted by atomic mass is 16.6. The summed E-state index contributed by atoms with van der Waals surface area (Å²) in [4.78, 5) is 39.1. The van der Waals surface area contributed by atoms with Crippen molar-refractivity contribution in [3.8, 4) is 0 Å². The molecule has 2 rings (SSSR count). The number of nitro groups is 1. The van der Waals surface area contributed by atoms with Crippen LogP contribution < -0.4 is 10.6 Å². The van der Waals surface area contributed by atoms with Crippen molar-refractivity contribution in [2.45, 2.75) is 64.6 Å². The Hall–Kier alpha value is -3.43. The Morgan fingerprint density at radius 1 is 1.22 bits per heavy atom. The first-order valence-electron chi connectivity index (χ1n) is 10.6. The maximum absolute atomic E-state index is 12.7. The van der Waals surface area contributed by atoms with Gasteiger partial charge in [-0.2, -0.15) is 0 Å². The van der Waals surface area contributed by atoms with Crippen molar-refractivity contribution >= 4 is 17.9 Å². The van der Waals surface area contributed by atoms with Crippen molar-refractivity contribution < 1.29 is 19.2 Å². The SMILES string of the molecule is CC(C)(C)OC(=O)NC(CCCn1ccnc1[N+](=O)[O-])C(=O)NCCCc1ccccc1. The number of benzene rings is 1. The van der Waals surface area contributed by atoms with Crippen LogP contribution in [0.25, 0.3) is 0 Å². The van der Waals surface area contributed by atoms with Crippen molar-refractivity contribution in [3.63, 3.8) is 0 Å². The van der Waals surface area contributed by atoms with E-state index in [-0.39, 0.29) is 11.9 Å². The molecule has 0 fully saturated rings. The number of imidazole rings is 1. The third-order valence-corrected chi connectivity index (χ3v) is 4.54. The average molecular weight is 446 g/mol. The normalized spacial score (nSPS) is 12.1. The molecule has 0 aliphatic carbocycles. The van der Waals surface area contributed by atoms with Crippen molar-refractivity contribution in [1.29, 1.82) is 0 Å². The van der Waals surface area contributed by atoms with Crippen molar-refractivity contribution in [3.05, 3.63) is 58.4 Å². The third-order valence-electron chi connectivity index (χ3n) is 4.54. The average Bonchev–Trinajstić information content (AvgIpc) is 3.18. The van der Waals surface area contributed by atoms with Gasteiger partial charge >= 0.3 is 12.0 Å². The molecule has 10 heteroatoms. The molecular formula is C22H31N5O5. The topological polar surface area (TPSA) is 128 Å². The summed E-state index contributed by atoms with van der Waals surface area (Å²) in [5.74, 6) is -0.573. The molecule has 2 aromatic rings. The molecule has 174 valence electrons. The smallest absolute Gasteiger partial charge is 0.434 e. The molecule has 10 nitrogen and oxygen atoms in total. The summed E-state index contributed by atoms with van der Waals surface area (Å²) in [6.45, 7) is 5.98. The van der Waals surface area contributed by atoms with Crippen LogP contribution in [0.1, 0.15) is 45.6 Å². The molecule has 1 atom stereocenters. The lowest BCUT2D eigenvalue weighted by Crippen LogP contribution is -2.48. The minimum Gasteiger partial charge on any atom is -0.444 e. The molecule has 32 heavy (non-hydrogen) atoms. The van der Waals surface area contributed by atoms with E-state index in [0.717, 1.165) is 12.8 Å². The number of amides is 2. The number of rotatable bonds is 11. The summed E-state index contributed by atoms with van der Waals surface area (Å²) in [6.07, 6.45) is 4.49. The van der Waals surface area contributed by atoms with Crippen molar-refractivity contribution in [2.24, 2.45) is 0 Å². The molecule has 1 aromatic carbocycles. The number of aromatic nitrogens is 2. The standard InChI is InChI=1S/C22H31N5O5/c1-22(2,3)32-21(29)25-18(12-8-15-26-16-14-24-20(26)27(30)31)19(28)23-13-7-11-17-9-5-4-6-10-17/h4-6,9-10,14,16,18H,7-8,11-13,15H2,1-3H3,(H,23,28)(H,25,29). The molecule has 0 aliphatic heterocycles. The van der Waals surface area contributed by atoms with Gasteiger partial charge in [0, 0.05) is 6.54 Å². The second-order valence-electron chi connectivity index (χ2n) is 8.40. The van der Waals surface area contributed by atoms with Crippen LogP contribution in [0.5, 0.6) is 0 Å². The number of carbonyl (C=O) groups excluding carboxylic acids is 2. The number of hydrogen-bond donors (Lipinski definition) is 2. The number of nitrogens with zero attached hydrogens (tertiary/aromatic N) is 3. The Labute approximate surface area is 187 Å². The Kier molecular flexibility index (Phi) is 9.18. The largest absolute Gasteiger partial charge is 0.444 e. The molecule has 0 spiro atoms. The zero-order chi connectivity index (χ0) is 23.6. The fraction of sp³-hybridized carbons (Fsp3) is 0.500. The number of nitrogens with one attached hydrogen (secondary N) is 2. The van der Waals surface area contributed by atoms with E-state index in [1.54, 1.807) is 20.8 Å². The minimum absolute atomic E-state index is 0.257.